The second-order valence-electron chi connectivity index (χ2n) is 7.74. The average Bonchev–Trinajstić information content (AvgIpc) is 2.76. The van der Waals surface area contributed by atoms with Gasteiger partial charge in [0.25, 0.3) is 0 Å². The molecule has 0 aromatic heterocycles. The summed E-state index contributed by atoms with van der Waals surface area (Å²) in [6.07, 6.45) is 11.9. The first-order valence-electron chi connectivity index (χ1n) is 11.3. The first kappa shape index (κ1) is 23.0. The number of hydrogen-bond acceptors (Lipinski definition) is 3. The van der Waals surface area contributed by atoms with Crippen LogP contribution in [0.1, 0.15) is 75.8 Å². The number of anilines is 1. The third-order valence-corrected chi connectivity index (χ3v) is 5.17. The standard InChI is InChI=1S/C26H37NO2/c1-2-3-4-5-6-7-8-12-21-27-25-18-15-23(16-19-25)17-20-26(28)29-22-24-13-10-9-11-14-24/h9-11,13-16,18-19,27H,2-8,12,17,20-22H2,1H3. The zero-order valence-electron chi connectivity index (χ0n) is 18.0. The average molecular weight is 396 g/mol. The van der Waals surface area contributed by atoms with Gasteiger partial charge in [0.1, 0.15) is 6.61 Å². The number of rotatable bonds is 15. The monoisotopic (exact) mass is 395 g/mol. The Morgan fingerprint density at radius 3 is 2.14 bits per heavy atom. The van der Waals surface area contributed by atoms with Crippen LogP contribution in [-0.2, 0) is 22.6 Å². The number of nitrogens with one attached hydrogen (secondary N) is 1. The highest BCUT2D eigenvalue weighted by Gasteiger charge is 2.04. The van der Waals surface area contributed by atoms with Crippen LogP contribution in [0.3, 0.4) is 0 Å². The highest BCUT2D eigenvalue weighted by molar-refractivity contribution is 5.69. The van der Waals surface area contributed by atoms with E-state index in [4.69, 9.17) is 4.74 Å². The van der Waals surface area contributed by atoms with Crippen LogP contribution in [0.4, 0.5) is 5.69 Å². The maximum absolute atomic E-state index is 11.9. The summed E-state index contributed by atoms with van der Waals surface area (Å²) in [7, 11) is 0. The molecule has 0 aliphatic heterocycles. The lowest BCUT2D eigenvalue weighted by Gasteiger charge is -2.08. The Hall–Kier alpha value is -2.29. The molecule has 0 fully saturated rings. The molecule has 0 aliphatic carbocycles. The summed E-state index contributed by atoms with van der Waals surface area (Å²) in [6.45, 7) is 3.64. The second kappa shape index (κ2) is 14.7. The van der Waals surface area contributed by atoms with Gasteiger partial charge in [-0.3, -0.25) is 4.79 Å². The molecule has 0 aliphatic rings. The van der Waals surface area contributed by atoms with E-state index >= 15 is 0 Å². The Kier molecular flexibility index (Phi) is 11.6. The van der Waals surface area contributed by atoms with Gasteiger partial charge in [-0.25, -0.2) is 0 Å². The Labute approximate surface area is 176 Å². The minimum Gasteiger partial charge on any atom is -0.461 e. The molecule has 158 valence electrons. The third-order valence-electron chi connectivity index (χ3n) is 5.17. The van der Waals surface area contributed by atoms with E-state index in [1.165, 1.54) is 56.9 Å². The lowest BCUT2D eigenvalue weighted by molar-refractivity contribution is -0.144. The highest BCUT2D eigenvalue weighted by atomic mass is 16.5. The normalized spacial score (nSPS) is 10.7. The van der Waals surface area contributed by atoms with Crippen LogP contribution in [0.25, 0.3) is 0 Å². The van der Waals surface area contributed by atoms with Crippen molar-refractivity contribution in [2.75, 3.05) is 11.9 Å². The van der Waals surface area contributed by atoms with Crippen molar-refractivity contribution >= 4 is 11.7 Å². The van der Waals surface area contributed by atoms with Crippen LogP contribution in [0.2, 0.25) is 0 Å². The highest BCUT2D eigenvalue weighted by Crippen LogP contribution is 2.13. The molecular weight excluding hydrogens is 358 g/mol. The molecule has 1 N–H and O–H groups in total. The molecule has 2 aromatic carbocycles. The van der Waals surface area contributed by atoms with Crippen LogP contribution in [0.5, 0.6) is 0 Å². The van der Waals surface area contributed by atoms with Gasteiger partial charge < -0.3 is 10.1 Å². The molecule has 0 spiro atoms. The molecular formula is C26H37NO2. The smallest absolute Gasteiger partial charge is 0.306 e. The fourth-order valence-electron chi connectivity index (χ4n) is 3.34. The van der Waals surface area contributed by atoms with Crippen LogP contribution in [0.15, 0.2) is 54.6 Å². The van der Waals surface area contributed by atoms with Crippen molar-refractivity contribution in [3.63, 3.8) is 0 Å². The van der Waals surface area contributed by atoms with E-state index in [0.717, 1.165) is 17.8 Å². The van der Waals surface area contributed by atoms with Gasteiger partial charge in [0, 0.05) is 18.7 Å². The molecule has 3 heteroatoms. The summed E-state index contributed by atoms with van der Waals surface area (Å²) in [4.78, 5) is 11.9. The van der Waals surface area contributed by atoms with Crippen LogP contribution >= 0.6 is 0 Å². The Morgan fingerprint density at radius 1 is 0.793 bits per heavy atom. The molecule has 0 heterocycles. The van der Waals surface area contributed by atoms with Crippen molar-refractivity contribution in [2.24, 2.45) is 0 Å². The number of hydrogen-bond donors (Lipinski definition) is 1. The predicted octanol–water partition coefficient (Wildman–Crippen LogP) is 6.92. The molecule has 2 aromatic rings. The van der Waals surface area contributed by atoms with Crippen molar-refractivity contribution in [2.45, 2.75) is 77.7 Å². The Bertz CT molecular complexity index is 667. The van der Waals surface area contributed by atoms with Crippen LogP contribution < -0.4 is 5.32 Å². The fraction of sp³-hybridized carbons (Fsp3) is 0.500. The summed E-state index contributed by atoms with van der Waals surface area (Å²) >= 11 is 0. The van der Waals surface area contributed by atoms with Crippen LogP contribution in [-0.4, -0.2) is 12.5 Å². The number of benzene rings is 2. The molecule has 0 saturated heterocycles. The Balaban J connectivity index is 1.53. The number of unbranched alkanes of at least 4 members (excludes halogenated alkanes) is 7. The summed E-state index contributed by atoms with van der Waals surface area (Å²) in [6, 6.07) is 18.2. The molecule has 0 radical (unpaired) electrons. The van der Waals surface area contributed by atoms with E-state index in [1.807, 2.05) is 30.3 Å². The molecule has 3 nitrogen and oxygen atoms in total. The minimum absolute atomic E-state index is 0.147. The lowest BCUT2D eigenvalue weighted by Crippen LogP contribution is -2.06. The molecule has 0 saturated carbocycles. The van der Waals surface area contributed by atoms with E-state index in [0.29, 0.717) is 19.4 Å². The van der Waals surface area contributed by atoms with E-state index in [2.05, 4.69) is 36.5 Å². The Morgan fingerprint density at radius 2 is 1.45 bits per heavy atom. The van der Waals surface area contributed by atoms with Crippen molar-refractivity contribution in [3.05, 3.63) is 65.7 Å². The maximum atomic E-state index is 11.9. The summed E-state index contributed by atoms with van der Waals surface area (Å²) in [5.74, 6) is -0.147. The number of carbonyl (C=O) groups excluding carboxylic acids is 1. The molecule has 0 atom stereocenters. The number of aryl methyl sites for hydroxylation is 1. The van der Waals surface area contributed by atoms with Gasteiger partial charge in [0.15, 0.2) is 0 Å². The lowest BCUT2D eigenvalue weighted by atomic mass is 10.1. The van der Waals surface area contributed by atoms with Crippen molar-refractivity contribution in [1.29, 1.82) is 0 Å². The number of carbonyl (C=O) groups is 1. The molecule has 0 bridgehead atoms. The van der Waals surface area contributed by atoms with Crippen molar-refractivity contribution < 1.29 is 9.53 Å². The van der Waals surface area contributed by atoms with Gasteiger partial charge in [-0.1, -0.05) is 94.3 Å². The van der Waals surface area contributed by atoms with Gasteiger partial charge in [0.05, 0.1) is 0 Å². The summed E-state index contributed by atoms with van der Waals surface area (Å²) in [5, 5.41) is 3.49. The van der Waals surface area contributed by atoms with Gasteiger partial charge in [0.2, 0.25) is 0 Å². The van der Waals surface area contributed by atoms with Gasteiger partial charge in [-0.05, 0) is 36.1 Å². The summed E-state index contributed by atoms with van der Waals surface area (Å²) in [5.41, 5.74) is 3.34. The van der Waals surface area contributed by atoms with E-state index in [-0.39, 0.29) is 5.97 Å². The predicted molar refractivity (Wildman–Crippen MR) is 122 cm³/mol. The zero-order chi connectivity index (χ0) is 20.6. The molecule has 0 unspecified atom stereocenters. The van der Waals surface area contributed by atoms with E-state index in [1.54, 1.807) is 0 Å². The van der Waals surface area contributed by atoms with Gasteiger partial charge in [-0.15, -0.1) is 0 Å². The number of esters is 1. The topological polar surface area (TPSA) is 38.3 Å². The zero-order valence-corrected chi connectivity index (χ0v) is 18.0. The van der Waals surface area contributed by atoms with Crippen molar-refractivity contribution in [1.82, 2.24) is 0 Å². The maximum Gasteiger partial charge on any atom is 0.306 e. The van der Waals surface area contributed by atoms with Crippen molar-refractivity contribution in [3.8, 4) is 0 Å². The quantitative estimate of drug-likeness (QED) is 0.263. The molecule has 0 amide bonds. The minimum atomic E-state index is -0.147. The van der Waals surface area contributed by atoms with Gasteiger partial charge >= 0.3 is 5.97 Å². The van der Waals surface area contributed by atoms with E-state index in [9.17, 15) is 4.79 Å². The fourth-order valence-corrected chi connectivity index (χ4v) is 3.34. The largest absolute Gasteiger partial charge is 0.461 e. The van der Waals surface area contributed by atoms with Crippen LogP contribution in [0, 0.1) is 0 Å². The first-order chi connectivity index (χ1) is 14.3. The second-order valence-corrected chi connectivity index (χ2v) is 7.74. The SMILES string of the molecule is CCCCCCCCCCNc1ccc(CCC(=O)OCc2ccccc2)cc1. The third kappa shape index (κ3) is 10.7. The van der Waals surface area contributed by atoms with E-state index < -0.39 is 0 Å². The molecule has 29 heavy (non-hydrogen) atoms. The summed E-state index contributed by atoms with van der Waals surface area (Å²) < 4.78 is 5.33. The number of ether oxygens (including phenoxy) is 1. The van der Waals surface area contributed by atoms with Gasteiger partial charge in [-0.2, -0.15) is 0 Å². The molecule has 2 rings (SSSR count). The first-order valence-corrected chi connectivity index (χ1v) is 11.3.